The largest absolute Gasteiger partial charge is 0.497 e. The number of aromatic nitrogens is 2. The van der Waals surface area contributed by atoms with Crippen LogP contribution in [0.3, 0.4) is 0 Å². The molecule has 15 heteroatoms. The molecule has 2 heterocycles. The van der Waals surface area contributed by atoms with Gasteiger partial charge in [-0.05, 0) is 75.6 Å². The molecule has 310 valence electrons. The Balaban J connectivity index is 1.71. The molecule has 1 fully saturated rings. The summed E-state index contributed by atoms with van der Waals surface area (Å²) in [5, 5.41) is 9.36. The standard InChI is InChI=1S/C43H54N5O9P/c1-30(2)48(31(3)4)58(55-24-12-23-44)56-29-42(27-46(33(6)49)26-39(57-42)47-25-32(5)40(50)45-41(47)51)28-54-43(34-13-10-9-11-14-34,35-15-19-37(52-7)20-16-35)36-17-21-38(53-8)22-18-36/h9-11,13-22,25,30-31,39H,12,24,26-29H2,1-8H3,(H,45,50,51)/t39-,42+,58?/m1/s1. The summed E-state index contributed by atoms with van der Waals surface area (Å²) in [6, 6.07) is 27.2. The highest BCUT2D eigenvalue weighted by Crippen LogP contribution is 2.48. The quantitative estimate of drug-likeness (QED) is 0.0685. The second-order valence-corrected chi connectivity index (χ2v) is 16.2. The molecule has 1 saturated heterocycles. The smallest absolute Gasteiger partial charge is 0.330 e. The number of amides is 1. The summed E-state index contributed by atoms with van der Waals surface area (Å²) in [6.45, 7) is 11.1. The second-order valence-electron chi connectivity index (χ2n) is 14.7. The zero-order valence-electron chi connectivity index (χ0n) is 34.5. The molecule has 1 aliphatic heterocycles. The molecule has 0 bridgehead atoms. The van der Waals surface area contributed by atoms with Crippen LogP contribution in [0.15, 0.2) is 94.6 Å². The van der Waals surface area contributed by atoms with Gasteiger partial charge in [-0.1, -0.05) is 54.6 Å². The van der Waals surface area contributed by atoms with Gasteiger partial charge in [-0.2, -0.15) is 5.26 Å². The molecule has 4 aromatic rings. The number of aryl methyl sites for hydroxylation is 1. The minimum atomic E-state index is -1.77. The first kappa shape index (κ1) is 44.2. The predicted molar refractivity (Wildman–Crippen MR) is 221 cm³/mol. The van der Waals surface area contributed by atoms with Crippen LogP contribution in [0.2, 0.25) is 0 Å². The van der Waals surface area contributed by atoms with Crippen LogP contribution < -0.4 is 20.7 Å². The lowest BCUT2D eigenvalue weighted by molar-refractivity contribution is -0.227. The summed E-state index contributed by atoms with van der Waals surface area (Å²) in [4.78, 5) is 43.2. The third-order valence-corrected chi connectivity index (χ3v) is 12.0. The van der Waals surface area contributed by atoms with Crippen LogP contribution in [0.4, 0.5) is 0 Å². The van der Waals surface area contributed by atoms with Gasteiger partial charge in [0.2, 0.25) is 5.91 Å². The maximum atomic E-state index is 13.4. The minimum absolute atomic E-state index is 0.00714. The molecular weight excluding hydrogens is 761 g/mol. The van der Waals surface area contributed by atoms with Gasteiger partial charge in [0.15, 0.2) is 6.23 Å². The van der Waals surface area contributed by atoms with E-state index in [-0.39, 0.29) is 57.3 Å². The number of carbonyl (C=O) groups is 1. The van der Waals surface area contributed by atoms with Crippen LogP contribution >= 0.6 is 8.53 Å². The second kappa shape index (κ2) is 19.7. The van der Waals surface area contributed by atoms with Crippen LogP contribution in [0, 0.1) is 18.3 Å². The fraction of sp³-hybridized carbons (Fsp3) is 0.442. The zero-order chi connectivity index (χ0) is 42.0. The Morgan fingerprint density at radius 3 is 2.02 bits per heavy atom. The fourth-order valence-corrected chi connectivity index (χ4v) is 8.84. The number of nitrogens with one attached hydrogen (secondary N) is 1. The zero-order valence-corrected chi connectivity index (χ0v) is 35.4. The molecule has 58 heavy (non-hydrogen) atoms. The minimum Gasteiger partial charge on any atom is -0.497 e. The number of nitrogens with zero attached hydrogens (tertiary/aromatic N) is 4. The number of nitriles is 1. The highest BCUT2D eigenvalue weighted by atomic mass is 31.2. The van der Waals surface area contributed by atoms with Gasteiger partial charge < -0.3 is 32.9 Å². The summed E-state index contributed by atoms with van der Waals surface area (Å²) in [6.07, 6.45) is 0.551. The molecule has 0 spiro atoms. The number of hydrogen-bond donors (Lipinski definition) is 1. The van der Waals surface area contributed by atoms with Crippen molar-refractivity contribution in [2.45, 2.75) is 77.5 Å². The number of hydrogen-bond acceptors (Lipinski definition) is 11. The van der Waals surface area contributed by atoms with Gasteiger partial charge in [-0.15, -0.1) is 0 Å². The van der Waals surface area contributed by atoms with E-state index < -0.39 is 37.2 Å². The van der Waals surface area contributed by atoms with E-state index in [2.05, 4.69) is 15.7 Å². The van der Waals surface area contributed by atoms with Gasteiger partial charge in [0.1, 0.15) is 22.7 Å². The highest BCUT2D eigenvalue weighted by molar-refractivity contribution is 7.44. The molecule has 1 aliphatic rings. The van der Waals surface area contributed by atoms with Crippen molar-refractivity contribution in [3.63, 3.8) is 0 Å². The van der Waals surface area contributed by atoms with Gasteiger partial charge in [-0.25, -0.2) is 9.46 Å². The van der Waals surface area contributed by atoms with Gasteiger partial charge in [0.05, 0.1) is 59.6 Å². The Kier molecular flexibility index (Phi) is 15.0. The van der Waals surface area contributed by atoms with E-state index in [4.69, 9.17) is 28.0 Å². The summed E-state index contributed by atoms with van der Waals surface area (Å²) in [7, 11) is 1.44. The van der Waals surface area contributed by atoms with Gasteiger partial charge in [0.25, 0.3) is 14.1 Å². The number of carbonyl (C=O) groups excluding carboxylic acids is 1. The molecular formula is C43H54N5O9P. The van der Waals surface area contributed by atoms with Crippen LogP contribution in [0.25, 0.3) is 0 Å². The van der Waals surface area contributed by atoms with Crippen LogP contribution in [-0.4, -0.2) is 89.8 Å². The number of aromatic amines is 1. The number of rotatable bonds is 18. The lowest BCUT2D eigenvalue weighted by Gasteiger charge is -2.48. The molecule has 0 radical (unpaired) electrons. The van der Waals surface area contributed by atoms with E-state index >= 15 is 0 Å². The van der Waals surface area contributed by atoms with E-state index in [1.807, 2.05) is 107 Å². The van der Waals surface area contributed by atoms with Crippen molar-refractivity contribution >= 4 is 14.4 Å². The number of benzene rings is 3. The topological polar surface area (TPSA) is 158 Å². The molecule has 5 rings (SSSR count). The summed E-state index contributed by atoms with van der Waals surface area (Å²) < 4.78 is 41.9. The third-order valence-electron chi connectivity index (χ3n) is 9.97. The first-order chi connectivity index (χ1) is 27.8. The normalized spacial score (nSPS) is 17.7. The Morgan fingerprint density at radius 1 is 0.931 bits per heavy atom. The van der Waals surface area contributed by atoms with Crippen molar-refractivity contribution in [2.75, 3.05) is 47.1 Å². The number of ether oxygens (including phenoxy) is 4. The van der Waals surface area contributed by atoms with Gasteiger partial charge in [-0.3, -0.25) is 19.1 Å². The highest BCUT2D eigenvalue weighted by Gasteiger charge is 2.48. The number of methoxy groups -OCH3 is 2. The summed E-state index contributed by atoms with van der Waals surface area (Å²) >= 11 is 0. The van der Waals surface area contributed by atoms with Crippen LogP contribution in [-0.2, 0) is 28.9 Å². The molecule has 0 aliphatic carbocycles. The fourth-order valence-electron chi connectivity index (χ4n) is 7.15. The van der Waals surface area contributed by atoms with E-state index in [9.17, 15) is 19.6 Å². The van der Waals surface area contributed by atoms with Crippen LogP contribution in [0.1, 0.15) is 69.5 Å². The van der Waals surface area contributed by atoms with E-state index in [1.54, 1.807) is 26.0 Å². The first-order valence-corrected chi connectivity index (χ1v) is 20.4. The van der Waals surface area contributed by atoms with E-state index in [0.717, 1.165) is 16.7 Å². The van der Waals surface area contributed by atoms with Crippen molar-refractivity contribution in [1.29, 1.82) is 5.26 Å². The Hall–Kier alpha value is -4.87. The van der Waals surface area contributed by atoms with E-state index in [0.29, 0.717) is 17.1 Å². The van der Waals surface area contributed by atoms with Crippen molar-refractivity contribution in [3.05, 3.63) is 128 Å². The van der Waals surface area contributed by atoms with Crippen molar-refractivity contribution in [2.24, 2.45) is 0 Å². The lowest BCUT2D eigenvalue weighted by Crippen LogP contribution is -2.61. The molecule has 1 unspecified atom stereocenters. The lowest BCUT2D eigenvalue weighted by atomic mass is 9.79. The van der Waals surface area contributed by atoms with Gasteiger partial charge >= 0.3 is 5.69 Å². The Labute approximate surface area is 341 Å². The molecule has 1 aromatic heterocycles. The Bertz CT molecular complexity index is 2060. The molecule has 0 saturated carbocycles. The number of H-pyrrole nitrogens is 1. The maximum Gasteiger partial charge on any atom is 0.330 e. The third kappa shape index (κ3) is 10.0. The first-order valence-electron chi connectivity index (χ1n) is 19.2. The molecule has 14 nitrogen and oxygen atoms in total. The Morgan fingerprint density at radius 2 is 1.50 bits per heavy atom. The molecule has 1 N–H and O–H groups in total. The van der Waals surface area contributed by atoms with Crippen molar-refractivity contribution < 1.29 is 32.8 Å². The number of morpholine rings is 1. The molecule has 1 amide bonds. The average Bonchev–Trinajstić information content (AvgIpc) is 3.22. The van der Waals surface area contributed by atoms with Crippen molar-refractivity contribution in [1.82, 2.24) is 19.1 Å². The summed E-state index contributed by atoms with van der Waals surface area (Å²) in [5.41, 5.74) is -1.27. The monoisotopic (exact) mass is 815 g/mol. The average molecular weight is 816 g/mol. The summed E-state index contributed by atoms with van der Waals surface area (Å²) in [5.74, 6) is 1.06. The van der Waals surface area contributed by atoms with Gasteiger partial charge in [0, 0.05) is 30.8 Å². The maximum absolute atomic E-state index is 13.4. The van der Waals surface area contributed by atoms with Crippen molar-refractivity contribution in [3.8, 4) is 17.6 Å². The van der Waals surface area contributed by atoms with E-state index in [1.165, 1.54) is 17.7 Å². The molecule has 3 aromatic carbocycles. The predicted octanol–water partition coefficient (Wildman–Crippen LogP) is 6.28. The molecule has 3 atom stereocenters. The SMILES string of the molecule is COc1ccc(C(OC[C@]2(COP(OCCC#N)N(C(C)C)C(C)C)CN(C(C)=O)C[C@H](n3cc(C)c(=O)[nH]c3=O)O2)(c2ccccc2)c2ccc(OC)cc2)cc1. The van der Waals surface area contributed by atoms with Crippen LogP contribution in [0.5, 0.6) is 11.5 Å².